The van der Waals surface area contributed by atoms with Gasteiger partial charge in [-0.2, -0.15) is 0 Å². The summed E-state index contributed by atoms with van der Waals surface area (Å²) < 4.78 is 5.16. The molecule has 0 fully saturated rings. The van der Waals surface area contributed by atoms with Crippen molar-refractivity contribution in [2.45, 2.75) is 39.4 Å². The maximum atomic E-state index is 9.14. The van der Waals surface area contributed by atoms with Crippen LogP contribution in [0.15, 0.2) is 0 Å². The molecule has 0 unspecified atom stereocenters. The summed E-state index contributed by atoms with van der Waals surface area (Å²) in [6, 6.07) is 0. The van der Waals surface area contributed by atoms with E-state index in [1.807, 2.05) is 13.8 Å². The Kier molecular flexibility index (Phi) is 3.15. The van der Waals surface area contributed by atoms with Gasteiger partial charge in [0.2, 0.25) is 0 Å². The van der Waals surface area contributed by atoms with Crippen LogP contribution in [0.25, 0.3) is 0 Å². The molecule has 2 nitrogen and oxygen atoms in total. The second kappa shape index (κ2) is 3.18. The minimum Gasteiger partial charge on any atom is -0.388 e. The van der Waals surface area contributed by atoms with Crippen LogP contribution in [0.1, 0.15) is 27.7 Å². The van der Waals surface area contributed by atoms with E-state index in [1.165, 1.54) is 0 Å². The Bertz CT molecular complexity index is 71.5. The highest BCUT2D eigenvalue weighted by Gasteiger charge is 2.12. The van der Waals surface area contributed by atoms with E-state index in [9.17, 15) is 0 Å². The van der Waals surface area contributed by atoms with Crippen molar-refractivity contribution in [3.63, 3.8) is 0 Å². The molecule has 0 aliphatic carbocycles. The van der Waals surface area contributed by atoms with Crippen molar-refractivity contribution in [2.75, 3.05) is 6.61 Å². The summed E-state index contributed by atoms with van der Waals surface area (Å²) in [5, 5.41) is 9.14. The first-order valence-electron chi connectivity index (χ1n) is 3.26. The quantitative estimate of drug-likeness (QED) is 0.625. The van der Waals surface area contributed by atoms with E-state index in [0.29, 0.717) is 6.61 Å². The van der Waals surface area contributed by atoms with Crippen LogP contribution in [-0.4, -0.2) is 23.4 Å². The van der Waals surface area contributed by atoms with Crippen LogP contribution in [0.3, 0.4) is 0 Å². The monoisotopic (exact) mass is 132 g/mol. The van der Waals surface area contributed by atoms with E-state index >= 15 is 0 Å². The summed E-state index contributed by atoms with van der Waals surface area (Å²) in [6.07, 6.45) is 0.205. The fourth-order valence-corrected chi connectivity index (χ4v) is 0.371. The fraction of sp³-hybridized carbons (Fsp3) is 1.00. The summed E-state index contributed by atoms with van der Waals surface area (Å²) in [5.74, 6) is 0. The van der Waals surface area contributed by atoms with E-state index in [2.05, 4.69) is 0 Å². The largest absolute Gasteiger partial charge is 0.388 e. The topological polar surface area (TPSA) is 29.5 Å². The molecule has 0 rings (SSSR count). The van der Waals surface area contributed by atoms with Crippen molar-refractivity contribution in [1.82, 2.24) is 0 Å². The molecule has 0 aromatic rings. The minimum absolute atomic E-state index is 0.205. The Morgan fingerprint density at radius 2 is 1.89 bits per heavy atom. The lowest BCUT2D eigenvalue weighted by molar-refractivity contribution is -0.0423. The zero-order valence-corrected chi connectivity index (χ0v) is 6.64. The summed E-state index contributed by atoms with van der Waals surface area (Å²) >= 11 is 0. The third-order valence-electron chi connectivity index (χ3n) is 0.770. The van der Waals surface area contributed by atoms with Crippen molar-refractivity contribution >= 4 is 0 Å². The lowest BCUT2D eigenvalue weighted by Gasteiger charge is -2.18. The SMILES string of the molecule is CC(C)OCC(C)(C)O. The van der Waals surface area contributed by atoms with Crippen LogP contribution in [0.4, 0.5) is 0 Å². The second-order valence-corrected chi connectivity index (χ2v) is 3.17. The Hall–Kier alpha value is -0.0800. The van der Waals surface area contributed by atoms with Crippen LogP contribution in [0.2, 0.25) is 0 Å². The number of hydrogen-bond donors (Lipinski definition) is 1. The number of aliphatic hydroxyl groups is 1. The van der Waals surface area contributed by atoms with E-state index in [-0.39, 0.29) is 6.10 Å². The van der Waals surface area contributed by atoms with Crippen molar-refractivity contribution in [1.29, 1.82) is 0 Å². The van der Waals surface area contributed by atoms with Gasteiger partial charge < -0.3 is 9.84 Å². The Morgan fingerprint density at radius 3 is 2.00 bits per heavy atom. The third kappa shape index (κ3) is 7.92. The zero-order valence-electron chi connectivity index (χ0n) is 6.64. The van der Waals surface area contributed by atoms with Crippen molar-refractivity contribution < 1.29 is 9.84 Å². The molecular weight excluding hydrogens is 116 g/mol. The van der Waals surface area contributed by atoms with Gasteiger partial charge in [-0.3, -0.25) is 0 Å². The van der Waals surface area contributed by atoms with Gasteiger partial charge in [0.15, 0.2) is 0 Å². The molecule has 9 heavy (non-hydrogen) atoms. The van der Waals surface area contributed by atoms with Gasteiger partial charge in [-0.05, 0) is 27.7 Å². The lowest BCUT2D eigenvalue weighted by atomic mass is 10.2. The fourth-order valence-electron chi connectivity index (χ4n) is 0.371. The molecule has 0 aromatic heterocycles. The van der Waals surface area contributed by atoms with E-state index in [1.54, 1.807) is 13.8 Å². The molecular formula is C7H16O2. The molecule has 0 radical (unpaired) electrons. The van der Waals surface area contributed by atoms with Gasteiger partial charge in [0, 0.05) is 0 Å². The number of rotatable bonds is 3. The summed E-state index contributed by atoms with van der Waals surface area (Å²) in [5.41, 5.74) is -0.690. The van der Waals surface area contributed by atoms with Gasteiger partial charge in [-0.1, -0.05) is 0 Å². The highest BCUT2D eigenvalue weighted by Crippen LogP contribution is 2.02. The average Bonchev–Trinajstić information content (AvgIpc) is 1.59. The number of hydrogen-bond acceptors (Lipinski definition) is 2. The Balaban J connectivity index is 3.28. The standard InChI is InChI=1S/C7H16O2/c1-6(2)9-5-7(3,4)8/h6,8H,5H2,1-4H3. The molecule has 0 aliphatic rings. The van der Waals surface area contributed by atoms with Crippen LogP contribution in [0, 0.1) is 0 Å². The molecule has 56 valence electrons. The molecule has 0 bridgehead atoms. The molecule has 0 heterocycles. The van der Waals surface area contributed by atoms with E-state index in [4.69, 9.17) is 9.84 Å². The summed E-state index contributed by atoms with van der Waals surface area (Å²) in [7, 11) is 0. The van der Waals surface area contributed by atoms with E-state index in [0.717, 1.165) is 0 Å². The molecule has 0 saturated carbocycles. The van der Waals surface area contributed by atoms with Gasteiger partial charge in [0.1, 0.15) is 0 Å². The Labute approximate surface area is 56.8 Å². The molecule has 1 N–H and O–H groups in total. The first-order chi connectivity index (χ1) is 3.92. The molecule has 0 saturated heterocycles. The molecule has 0 spiro atoms. The van der Waals surface area contributed by atoms with Crippen LogP contribution < -0.4 is 0 Å². The van der Waals surface area contributed by atoms with Gasteiger partial charge in [-0.15, -0.1) is 0 Å². The maximum absolute atomic E-state index is 9.14. The molecule has 0 aromatic carbocycles. The summed E-state index contributed by atoms with van der Waals surface area (Å²) in [6.45, 7) is 7.77. The van der Waals surface area contributed by atoms with E-state index < -0.39 is 5.60 Å². The summed E-state index contributed by atoms with van der Waals surface area (Å²) in [4.78, 5) is 0. The van der Waals surface area contributed by atoms with Gasteiger partial charge in [0.25, 0.3) is 0 Å². The number of ether oxygens (including phenoxy) is 1. The zero-order chi connectivity index (χ0) is 7.49. The minimum atomic E-state index is -0.690. The second-order valence-electron chi connectivity index (χ2n) is 3.17. The van der Waals surface area contributed by atoms with Crippen molar-refractivity contribution in [3.8, 4) is 0 Å². The molecule has 0 atom stereocenters. The van der Waals surface area contributed by atoms with Crippen LogP contribution in [-0.2, 0) is 4.74 Å². The maximum Gasteiger partial charge on any atom is 0.0824 e. The van der Waals surface area contributed by atoms with Gasteiger partial charge in [0.05, 0.1) is 18.3 Å². The normalized spacial score (nSPS) is 12.7. The predicted octanol–water partition coefficient (Wildman–Crippen LogP) is 1.18. The van der Waals surface area contributed by atoms with Gasteiger partial charge in [-0.25, -0.2) is 0 Å². The van der Waals surface area contributed by atoms with Crippen molar-refractivity contribution in [3.05, 3.63) is 0 Å². The van der Waals surface area contributed by atoms with Crippen LogP contribution in [0.5, 0.6) is 0 Å². The Morgan fingerprint density at radius 1 is 1.44 bits per heavy atom. The predicted molar refractivity (Wildman–Crippen MR) is 37.4 cm³/mol. The third-order valence-corrected chi connectivity index (χ3v) is 0.770. The smallest absolute Gasteiger partial charge is 0.0824 e. The first-order valence-corrected chi connectivity index (χ1v) is 3.26. The van der Waals surface area contributed by atoms with Crippen LogP contribution >= 0.6 is 0 Å². The lowest BCUT2D eigenvalue weighted by Crippen LogP contribution is -2.27. The molecule has 0 amide bonds. The van der Waals surface area contributed by atoms with Gasteiger partial charge >= 0.3 is 0 Å². The highest BCUT2D eigenvalue weighted by atomic mass is 16.5. The molecule has 2 heteroatoms. The highest BCUT2D eigenvalue weighted by molar-refractivity contribution is 4.62. The average molecular weight is 132 g/mol. The van der Waals surface area contributed by atoms with Crippen molar-refractivity contribution in [2.24, 2.45) is 0 Å². The first kappa shape index (κ1) is 8.92. The molecule has 0 aliphatic heterocycles.